The van der Waals surface area contributed by atoms with Crippen LogP contribution in [-0.2, 0) is 4.74 Å². The fourth-order valence-electron chi connectivity index (χ4n) is 3.38. The van der Waals surface area contributed by atoms with Crippen LogP contribution in [0.5, 0.6) is 0 Å². The Morgan fingerprint density at radius 1 is 1.04 bits per heavy atom. The van der Waals surface area contributed by atoms with E-state index < -0.39 is 11.6 Å². The van der Waals surface area contributed by atoms with Crippen LogP contribution in [0.1, 0.15) is 39.0 Å². The lowest BCUT2D eigenvalue weighted by Crippen LogP contribution is -2.16. The van der Waals surface area contributed by atoms with Gasteiger partial charge in [0, 0.05) is 16.5 Å². The first-order chi connectivity index (χ1) is 12.4. The minimum Gasteiger partial charge on any atom is -0.465 e. The van der Waals surface area contributed by atoms with Crippen LogP contribution < -0.4 is 5.63 Å². The van der Waals surface area contributed by atoms with Crippen molar-refractivity contribution < 1.29 is 18.7 Å². The zero-order chi connectivity index (χ0) is 19.0. The van der Waals surface area contributed by atoms with E-state index in [9.17, 15) is 14.4 Å². The van der Waals surface area contributed by atoms with Gasteiger partial charge in [-0.3, -0.25) is 4.79 Å². The number of benzene rings is 2. The SMILES string of the molecule is COC(=O)c1c(C)c(C(C)=O)c(-c2ccccc2)c2cc(C)oc(=O)c12. The second-order valence-electron chi connectivity index (χ2n) is 6.10. The Morgan fingerprint density at radius 2 is 1.69 bits per heavy atom. The molecule has 132 valence electrons. The first kappa shape index (κ1) is 17.6. The maximum atomic E-state index is 12.6. The molecule has 0 atom stereocenters. The Kier molecular flexibility index (Phi) is 4.47. The van der Waals surface area contributed by atoms with E-state index in [1.807, 2.05) is 30.3 Å². The predicted octanol–water partition coefficient (Wildman–Crippen LogP) is 4.07. The number of ketones is 1. The summed E-state index contributed by atoms with van der Waals surface area (Å²) in [6.07, 6.45) is 0. The number of Topliss-reactive ketones (excluding diaryl/α,β-unsaturated/α-hetero) is 1. The average molecular weight is 350 g/mol. The van der Waals surface area contributed by atoms with Gasteiger partial charge in [0.2, 0.25) is 0 Å². The zero-order valence-electron chi connectivity index (χ0n) is 15.0. The third kappa shape index (κ3) is 2.71. The summed E-state index contributed by atoms with van der Waals surface area (Å²) in [5.41, 5.74) is 1.65. The third-order valence-corrected chi connectivity index (χ3v) is 4.40. The molecule has 1 aromatic heterocycles. The summed E-state index contributed by atoms with van der Waals surface area (Å²) in [5, 5.41) is 0.630. The Morgan fingerprint density at radius 3 is 2.27 bits per heavy atom. The maximum Gasteiger partial charge on any atom is 0.344 e. The molecule has 0 spiro atoms. The van der Waals surface area contributed by atoms with E-state index in [4.69, 9.17) is 9.15 Å². The number of ether oxygens (including phenoxy) is 1. The first-order valence-electron chi connectivity index (χ1n) is 8.12. The van der Waals surface area contributed by atoms with E-state index in [-0.39, 0.29) is 16.7 Å². The van der Waals surface area contributed by atoms with Crippen molar-refractivity contribution in [3.05, 3.63) is 69.3 Å². The molecule has 5 nitrogen and oxygen atoms in total. The molecule has 0 unspecified atom stereocenters. The van der Waals surface area contributed by atoms with Crippen LogP contribution in [0, 0.1) is 13.8 Å². The van der Waals surface area contributed by atoms with Gasteiger partial charge >= 0.3 is 11.6 Å². The first-order valence-corrected chi connectivity index (χ1v) is 8.12. The average Bonchev–Trinajstić information content (AvgIpc) is 2.61. The molecule has 3 aromatic rings. The third-order valence-electron chi connectivity index (χ3n) is 4.40. The predicted molar refractivity (Wildman–Crippen MR) is 98.7 cm³/mol. The van der Waals surface area contributed by atoms with Gasteiger partial charge in [0.25, 0.3) is 0 Å². The number of carbonyl (C=O) groups excluding carboxylic acids is 2. The summed E-state index contributed by atoms with van der Waals surface area (Å²) in [6.45, 7) is 4.74. The topological polar surface area (TPSA) is 73.6 Å². The van der Waals surface area contributed by atoms with Crippen LogP contribution in [0.25, 0.3) is 21.9 Å². The van der Waals surface area contributed by atoms with Crippen molar-refractivity contribution in [2.75, 3.05) is 7.11 Å². The van der Waals surface area contributed by atoms with Crippen molar-refractivity contribution >= 4 is 22.5 Å². The highest BCUT2D eigenvalue weighted by atomic mass is 16.5. The molecule has 0 aliphatic carbocycles. The molecule has 0 saturated heterocycles. The highest BCUT2D eigenvalue weighted by Crippen LogP contribution is 2.37. The van der Waals surface area contributed by atoms with Crippen molar-refractivity contribution in [3.8, 4) is 11.1 Å². The molecular weight excluding hydrogens is 332 g/mol. The van der Waals surface area contributed by atoms with Gasteiger partial charge in [-0.2, -0.15) is 0 Å². The summed E-state index contributed by atoms with van der Waals surface area (Å²) in [6, 6.07) is 11.0. The van der Waals surface area contributed by atoms with Gasteiger partial charge in [0.1, 0.15) is 5.76 Å². The molecule has 2 aromatic carbocycles. The summed E-state index contributed by atoms with van der Waals surface area (Å²) in [5.74, 6) is -0.473. The van der Waals surface area contributed by atoms with Crippen LogP contribution in [0.2, 0.25) is 0 Å². The summed E-state index contributed by atoms with van der Waals surface area (Å²) in [7, 11) is 1.24. The summed E-state index contributed by atoms with van der Waals surface area (Å²) >= 11 is 0. The Bertz CT molecular complexity index is 1090. The smallest absolute Gasteiger partial charge is 0.344 e. The van der Waals surface area contributed by atoms with Crippen molar-refractivity contribution in [2.45, 2.75) is 20.8 Å². The van der Waals surface area contributed by atoms with Gasteiger partial charge < -0.3 is 9.15 Å². The molecular formula is C21H18O5. The van der Waals surface area contributed by atoms with Crippen LogP contribution in [0.4, 0.5) is 0 Å². The molecule has 3 rings (SSSR count). The largest absolute Gasteiger partial charge is 0.465 e. The zero-order valence-corrected chi connectivity index (χ0v) is 15.0. The van der Waals surface area contributed by atoms with E-state index in [0.717, 1.165) is 5.56 Å². The molecule has 0 bridgehead atoms. The van der Waals surface area contributed by atoms with Crippen LogP contribution in [-0.4, -0.2) is 18.9 Å². The highest BCUT2D eigenvalue weighted by Gasteiger charge is 2.27. The van der Waals surface area contributed by atoms with Gasteiger partial charge in [-0.1, -0.05) is 30.3 Å². The van der Waals surface area contributed by atoms with Crippen LogP contribution >= 0.6 is 0 Å². The van der Waals surface area contributed by atoms with E-state index in [1.54, 1.807) is 19.9 Å². The molecule has 0 amide bonds. The fraction of sp³-hybridized carbons (Fsp3) is 0.190. The number of aryl methyl sites for hydroxylation is 1. The van der Waals surface area contributed by atoms with Crippen molar-refractivity contribution in [1.29, 1.82) is 0 Å². The molecule has 0 fully saturated rings. The van der Waals surface area contributed by atoms with Gasteiger partial charge in [-0.05, 0) is 38.0 Å². The van der Waals surface area contributed by atoms with E-state index in [1.165, 1.54) is 14.0 Å². The number of methoxy groups -OCH3 is 1. The second kappa shape index (κ2) is 6.59. The second-order valence-corrected chi connectivity index (χ2v) is 6.10. The lowest BCUT2D eigenvalue weighted by Gasteiger charge is -2.18. The van der Waals surface area contributed by atoms with Crippen LogP contribution in [0.15, 0.2) is 45.6 Å². The minimum absolute atomic E-state index is 0.0705. The number of hydrogen-bond donors (Lipinski definition) is 0. The van der Waals surface area contributed by atoms with Gasteiger partial charge in [-0.25, -0.2) is 9.59 Å². The van der Waals surface area contributed by atoms with E-state index in [2.05, 4.69) is 0 Å². The van der Waals surface area contributed by atoms with Crippen molar-refractivity contribution in [2.24, 2.45) is 0 Å². The number of carbonyl (C=O) groups is 2. The van der Waals surface area contributed by atoms with Crippen molar-refractivity contribution in [3.63, 3.8) is 0 Å². The Balaban J connectivity index is 2.66. The van der Waals surface area contributed by atoms with E-state index in [0.29, 0.717) is 27.8 Å². The minimum atomic E-state index is -0.675. The Hall–Kier alpha value is -3.21. The van der Waals surface area contributed by atoms with Gasteiger partial charge in [-0.15, -0.1) is 0 Å². The molecule has 1 heterocycles. The molecule has 26 heavy (non-hydrogen) atoms. The molecule has 5 heteroatoms. The molecule has 0 aliphatic heterocycles. The summed E-state index contributed by atoms with van der Waals surface area (Å²) < 4.78 is 10.1. The summed E-state index contributed by atoms with van der Waals surface area (Å²) in [4.78, 5) is 37.5. The molecule has 0 N–H and O–H groups in total. The van der Waals surface area contributed by atoms with Crippen molar-refractivity contribution in [1.82, 2.24) is 0 Å². The number of esters is 1. The Labute approximate surface area is 150 Å². The maximum absolute atomic E-state index is 12.6. The lowest BCUT2D eigenvalue weighted by molar-refractivity contribution is 0.0602. The number of rotatable bonds is 3. The standard InChI is InChI=1S/C21H18O5/c1-11-10-15-18(14-8-6-5-7-9-14)16(13(3)22)12(2)17(20(23)25-4)19(15)21(24)26-11/h5-10H,1-4H3. The quantitative estimate of drug-likeness (QED) is 0.526. The molecule has 0 aliphatic rings. The number of hydrogen-bond acceptors (Lipinski definition) is 5. The normalized spacial score (nSPS) is 10.8. The van der Waals surface area contributed by atoms with Gasteiger partial charge in [0.05, 0.1) is 18.1 Å². The molecule has 0 saturated carbocycles. The number of fused-ring (bicyclic) bond motifs is 1. The fourth-order valence-corrected chi connectivity index (χ4v) is 3.38. The molecule has 0 radical (unpaired) electrons. The van der Waals surface area contributed by atoms with Gasteiger partial charge in [0.15, 0.2) is 5.78 Å². The van der Waals surface area contributed by atoms with Crippen LogP contribution in [0.3, 0.4) is 0 Å². The monoisotopic (exact) mass is 350 g/mol. The highest BCUT2D eigenvalue weighted by molar-refractivity contribution is 6.17. The van der Waals surface area contributed by atoms with E-state index >= 15 is 0 Å². The lowest BCUT2D eigenvalue weighted by atomic mass is 9.85.